The lowest BCUT2D eigenvalue weighted by Gasteiger charge is -2.29. The molecule has 0 spiro atoms. The fourth-order valence-corrected chi connectivity index (χ4v) is 3.01. The van der Waals surface area contributed by atoms with Gasteiger partial charge in [-0.1, -0.05) is 0 Å². The highest BCUT2D eigenvalue weighted by Gasteiger charge is 2.40. The third-order valence-corrected chi connectivity index (χ3v) is 3.62. The molecule has 2 unspecified atom stereocenters. The SMILES string of the molecule is CN(C)C[C@@H]1C(=O)CC2CCC1C2. The summed E-state index contributed by atoms with van der Waals surface area (Å²) in [5.41, 5.74) is 0. The molecule has 2 rings (SSSR count). The van der Waals surface area contributed by atoms with E-state index in [-0.39, 0.29) is 0 Å². The summed E-state index contributed by atoms with van der Waals surface area (Å²) >= 11 is 0. The van der Waals surface area contributed by atoms with Crippen molar-refractivity contribution in [1.82, 2.24) is 4.90 Å². The molecule has 2 saturated carbocycles. The number of nitrogens with zero attached hydrogens (tertiary/aromatic N) is 1. The lowest BCUT2D eigenvalue weighted by atomic mass is 9.79. The average molecular weight is 181 g/mol. The molecule has 3 atom stereocenters. The van der Waals surface area contributed by atoms with Gasteiger partial charge in [0.25, 0.3) is 0 Å². The van der Waals surface area contributed by atoms with Gasteiger partial charge in [-0.3, -0.25) is 4.79 Å². The Balaban J connectivity index is 2.03. The Morgan fingerprint density at radius 2 is 2.15 bits per heavy atom. The fourth-order valence-electron chi connectivity index (χ4n) is 3.01. The molecular weight excluding hydrogens is 162 g/mol. The van der Waals surface area contributed by atoms with Crippen LogP contribution in [0.5, 0.6) is 0 Å². The molecule has 2 bridgehead atoms. The first-order valence-electron chi connectivity index (χ1n) is 5.34. The quantitative estimate of drug-likeness (QED) is 0.644. The minimum Gasteiger partial charge on any atom is -0.309 e. The normalized spacial score (nSPS) is 38.7. The molecule has 0 amide bonds. The van der Waals surface area contributed by atoms with Crippen LogP contribution in [0.2, 0.25) is 0 Å². The van der Waals surface area contributed by atoms with Crippen molar-refractivity contribution in [2.75, 3.05) is 20.6 Å². The van der Waals surface area contributed by atoms with Crippen LogP contribution >= 0.6 is 0 Å². The Hall–Kier alpha value is -0.370. The van der Waals surface area contributed by atoms with Gasteiger partial charge in [0.05, 0.1) is 0 Å². The van der Waals surface area contributed by atoms with Gasteiger partial charge in [-0.2, -0.15) is 0 Å². The molecule has 0 saturated heterocycles. The smallest absolute Gasteiger partial charge is 0.137 e. The number of ketones is 1. The molecular formula is C11H19NO. The van der Waals surface area contributed by atoms with Gasteiger partial charge in [-0.25, -0.2) is 0 Å². The summed E-state index contributed by atoms with van der Waals surface area (Å²) in [4.78, 5) is 13.9. The van der Waals surface area contributed by atoms with E-state index in [9.17, 15) is 4.79 Å². The lowest BCUT2D eigenvalue weighted by Crippen LogP contribution is -2.35. The largest absolute Gasteiger partial charge is 0.309 e. The van der Waals surface area contributed by atoms with E-state index < -0.39 is 0 Å². The number of rotatable bonds is 2. The zero-order valence-corrected chi connectivity index (χ0v) is 8.62. The molecule has 2 aliphatic rings. The average Bonchev–Trinajstić information content (AvgIpc) is 2.42. The highest BCUT2D eigenvalue weighted by atomic mass is 16.1. The maximum atomic E-state index is 11.8. The summed E-state index contributed by atoms with van der Waals surface area (Å²) in [5.74, 6) is 2.35. The summed E-state index contributed by atoms with van der Waals surface area (Å²) in [6, 6.07) is 0. The van der Waals surface area contributed by atoms with Gasteiger partial charge in [-0.05, 0) is 45.2 Å². The summed E-state index contributed by atoms with van der Waals surface area (Å²) < 4.78 is 0. The Morgan fingerprint density at radius 3 is 2.85 bits per heavy atom. The second kappa shape index (κ2) is 3.41. The molecule has 2 nitrogen and oxygen atoms in total. The number of hydrogen-bond acceptors (Lipinski definition) is 2. The number of carbonyl (C=O) groups is 1. The molecule has 74 valence electrons. The fraction of sp³-hybridized carbons (Fsp3) is 0.909. The molecule has 0 aliphatic heterocycles. The first kappa shape index (κ1) is 9.20. The number of carbonyl (C=O) groups excluding carboxylic acids is 1. The van der Waals surface area contributed by atoms with Gasteiger partial charge < -0.3 is 4.90 Å². The third kappa shape index (κ3) is 1.78. The maximum Gasteiger partial charge on any atom is 0.137 e. The van der Waals surface area contributed by atoms with Gasteiger partial charge in [0, 0.05) is 18.9 Å². The summed E-state index contributed by atoms with van der Waals surface area (Å²) in [7, 11) is 4.13. The molecule has 0 aromatic carbocycles. The first-order chi connectivity index (χ1) is 6.16. The predicted octanol–water partition coefficient (Wildman–Crippen LogP) is 1.55. The van der Waals surface area contributed by atoms with E-state index in [0.29, 0.717) is 17.6 Å². The zero-order valence-electron chi connectivity index (χ0n) is 8.62. The Kier molecular flexibility index (Phi) is 2.41. The predicted molar refractivity (Wildman–Crippen MR) is 52.5 cm³/mol. The molecule has 0 N–H and O–H groups in total. The highest BCUT2D eigenvalue weighted by molar-refractivity contribution is 5.82. The molecule has 13 heavy (non-hydrogen) atoms. The standard InChI is InChI=1S/C11H19NO/c1-12(2)7-10-9-4-3-8(5-9)6-11(10)13/h8-10H,3-7H2,1-2H3/t8?,9?,10-/m0/s1. The van der Waals surface area contributed by atoms with Gasteiger partial charge in [-0.15, -0.1) is 0 Å². The van der Waals surface area contributed by atoms with Crippen LogP contribution in [0.1, 0.15) is 25.7 Å². The van der Waals surface area contributed by atoms with Crippen molar-refractivity contribution >= 4 is 5.78 Å². The van der Waals surface area contributed by atoms with Crippen molar-refractivity contribution in [2.24, 2.45) is 17.8 Å². The minimum absolute atomic E-state index is 0.355. The summed E-state index contributed by atoms with van der Waals surface area (Å²) in [6.45, 7) is 0.968. The molecule has 2 fully saturated rings. The van der Waals surface area contributed by atoms with Crippen molar-refractivity contribution in [3.05, 3.63) is 0 Å². The number of Topliss-reactive ketones (excluding diaryl/α,β-unsaturated/α-hetero) is 1. The van der Waals surface area contributed by atoms with Crippen molar-refractivity contribution in [3.63, 3.8) is 0 Å². The van der Waals surface area contributed by atoms with Crippen LogP contribution in [0.15, 0.2) is 0 Å². The summed E-state index contributed by atoms with van der Waals surface area (Å²) in [6.07, 6.45) is 4.80. The van der Waals surface area contributed by atoms with E-state index in [1.807, 2.05) is 0 Å². The van der Waals surface area contributed by atoms with Crippen LogP contribution in [0, 0.1) is 17.8 Å². The second-order valence-corrected chi connectivity index (χ2v) is 4.98. The van der Waals surface area contributed by atoms with Crippen LogP contribution < -0.4 is 0 Å². The molecule has 0 radical (unpaired) electrons. The first-order valence-corrected chi connectivity index (χ1v) is 5.34. The van der Waals surface area contributed by atoms with E-state index in [4.69, 9.17) is 0 Å². The lowest BCUT2D eigenvalue weighted by molar-refractivity contribution is -0.127. The third-order valence-electron chi connectivity index (χ3n) is 3.62. The number of fused-ring (bicyclic) bond motifs is 2. The second-order valence-electron chi connectivity index (χ2n) is 4.98. The van der Waals surface area contributed by atoms with E-state index in [2.05, 4.69) is 19.0 Å². The molecule has 0 aromatic heterocycles. The van der Waals surface area contributed by atoms with Gasteiger partial charge in [0.15, 0.2) is 0 Å². The topological polar surface area (TPSA) is 20.3 Å². The minimum atomic E-state index is 0.355. The van der Waals surface area contributed by atoms with Crippen molar-refractivity contribution in [2.45, 2.75) is 25.7 Å². The van der Waals surface area contributed by atoms with E-state index in [1.165, 1.54) is 19.3 Å². The number of hydrogen-bond donors (Lipinski definition) is 0. The van der Waals surface area contributed by atoms with Gasteiger partial charge in [0.2, 0.25) is 0 Å². The molecule has 0 aromatic rings. The van der Waals surface area contributed by atoms with Gasteiger partial charge >= 0.3 is 0 Å². The molecule has 2 heteroatoms. The summed E-state index contributed by atoms with van der Waals surface area (Å²) in [5, 5.41) is 0. The van der Waals surface area contributed by atoms with Crippen molar-refractivity contribution in [3.8, 4) is 0 Å². The van der Waals surface area contributed by atoms with Crippen LogP contribution in [0.25, 0.3) is 0 Å². The highest BCUT2D eigenvalue weighted by Crippen LogP contribution is 2.43. The van der Waals surface area contributed by atoms with Crippen LogP contribution in [0.4, 0.5) is 0 Å². The Bertz CT molecular complexity index is 212. The molecule has 0 heterocycles. The monoisotopic (exact) mass is 181 g/mol. The van der Waals surface area contributed by atoms with E-state index >= 15 is 0 Å². The van der Waals surface area contributed by atoms with Crippen LogP contribution in [-0.4, -0.2) is 31.3 Å². The van der Waals surface area contributed by atoms with Crippen LogP contribution in [0.3, 0.4) is 0 Å². The molecule has 2 aliphatic carbocycles. The van der Waals surface area contributed by atoms with Gasteiger partial charge in [0.1, 0.15) is 5.78 Å². The maximum absolute atomic E-state index is 11.8. The van der Waals surface area contributed by atoms with E-state index in [0.717, 1.165) is 18.9 Å². The Morgan fingerprint density at radius 1 is 1.38 bits per heavy atom. The van der Waals surface area contributed by atoms with Crippen LogP contribution in [-0.2, 0) is 4.79 Å². The van der Waals surface area contributed by atoms with E-state index in [1.54, 1.807) is 0 Å². The van der Waals surface area contributed by atoms with Crippen molar-refractivity contribution < 1.29 is 4.79 Å². The van der Waals surface area contributed by atoms with Crippen molar-refractivity contribution in [1.29, 1.82) is 0 Å². The zero-order chi connectivity index (χ0) is 9.42. The Labute approximate surface area is 80.3 Å².